The Morgan fingerprint density at radius 3 is 2.71 bits per heavy atom. The van der Waals surface area contributed by atoms with Gasteiger partial charge in [0.1, 0.15) is 11.3 Å². The summed E-state index contributed by atoms with van der Waals surface area (Å²) in [7, 11) is 0. The van der Waals surface area contributed by atoms with Crippen LogP contribution in [-0.4, -0.2) is 17.7 Å². The van der Waals surface area contributed by atoms with Crippen molar-refractivity contribution in [2.75, 3.05) is 6.61 Å². The Labute approximate surface area is 101 Å². The molecule has 0 saturated heterocycles. The summed E-state index contributed by atoms with van der Waals surface area (Å²) in [5, 5.41) is 9.85. The van der Waals surface area contributed by atoms with Crippen molar-refractivity contribution in [3.8, 4) is 5.75 Å². The van der Waals surface area contributed by atoms with Crippen molar-refractivity contribution in [1.82, 2.24) is 0 Å². The number of benzene rings is 1. The average Bonchev–Trinajstić information content (AvgIpc) is 2.82. The predicted octanol–water partition coefficient (Wildman–Crippen LogP) is 3.23. The molecule has 1 aliphatic rings. The summed E-state index contributed by atoms with van der Waals surface area (Å²) in [5.41, 5.74) is 1.39. The summed E-state index contributed by atoms with van der Waals surface area (Å²) in [6, 6.07) is 5.31. The minimum absolute atomic E-state index is 0.0350. The van der Waals surface area contributed by atoms with Crippen LogP contribution in [0.15, 0.2) is 18.2 Å². The summed E-state index contributed by atoms with van der Waals surface area (Å²) >= 11 is 0. The second-order valence-corrected chi connectivity index (χ2v) is 4.48. The van der Waals surface area contributed by atoms with Crippen LogP contribution in [0.25, 0.3) is 0 Å². The second-order valence-electron chi connectivity index (χ2n) is 4.48. The van der Waals surface area contributed by atoms with Gasteiger partial charge in [-0.25, -0.2) is 4.79 Å². The summed E-state index contributed by atoms with van der Waals surface area (Å²) in [6.45, 7) is 2.07. The molecule has 0 spiro atoms. The fraction of sp³-hybridized carbons (Fsp3) is 0.500. The molecule has 0 atom stereocenters. The van der Waals surface area contributed by atoms with Gasteiger partial charge in [-0.05, 0) is 43.4 Å². The molecule has 17 heavy (non-hydrogen) atoms. The third-order valence-corrected chi connectivity index (χ3v) is 3.34. The van der Waals surface area contributed by atoms with Crippen molar-refractivity contribution in [2.24, 2.45) is 0 Å². The van der Waals surface area contributed by atoms with E-state index < -0.39 is 5.97 Å². The lowest BCUT2D eigenvalue weighted by Crippen LogP contribution is -2.05. The molecule has 1 aromatic rings. The molecule has 1 aromatic carbocycles. The van der Waals surface area contributed by atoms with E-state index >= 15 is 0 Å². The molecule has 3 heteroatoms. The minimum Gasteiger partial charge on any atom is -0.507 e. The molecule has 0 aromatic heterocycles. The summed E-state index contributed by atoms with van der Waals surface area (Å²) in [5.74, 6) is 0.118. The van der Waals surface area contributed by atoms with Crippen LogP contribution in [0, 0.1) is 0 Å². The van der Waals surface area contributed by atoms with E-state index in [1.54, 1.807) is 19.1 Å². The first-order valence-electron chi connectivity index (χ1n) is 6.22. The van der Waals surface area contributed by atoms with Gasteiger partial charge in [0.25, 0.3) is 0 Å². The molecule has 2 rings (SSSR count). The number of hydrogen-bond donors (Lipinski definition) is 1. The Balaban J connectivity index is 2.19. The molecule has 1 saturated carbocycles. The summed E-state index contributed by atoms with van der Waals surface area (Å²) in [6.07, 6.45) is 4.87. The minimum atomic E-state index is -0.456. The highest BCUT2D eigenvalue weighted by Gasteiger charge is 2.19. The lowest BCUT2D eigenvalue weighted by molar-refractivity contribution is 0.0523. The first-order chi connectivity index (χ1) is 8.22. The third kappa shape index (κ3) is 2.60. The molecule has 1 N–H and O–H groups in total. The molecule has 0 heterocycles. The Kier molecular flexibility index (Phi) is 3.67. The van der Waals surface area contributed by atoms with Crippen LogP contribution < -0.4 is 0 Å². The van der Waals surface area contributed by atoms with Crippen molar-refractivity contribution in [2.45, 2.75) is 38.5 Å². The molecule has 0 unspecified atom stereocenters. The number of ether oxygens (including phenoxy) is 1. The third-order valence-electron chi connectivity index (χ3n) is 3.34. The van der Waals surface area contributed by atoms with Crippen LogP contribution in [0.4, 0.5) is 0 Å². The van der Waals surface area contributed by atoms with Gasteiger partial charge in [-0.15, -0.1) is 0 Å². The largest absolute Gasteiger partial charge is 0.507 e. The van der Waals surface area contributed by atoms with Crippen LogP contribution in [0.3, 0.4) is 0 Å². The zero-order valence-electron chi connectivity index (χ0n) is 10.1. The van der Waals surface area contributed by atoms with Crippen LogP contribution in [0.5, 0.6) is 5.75 Å². The number of esters is 1. The molecule has 1 fully saturated rings. The molecule has 0 radical (unpaired) electrons. The van der Waals surface area contributed by atoms with Crippen molar-refractivity contribution < 1.29 is 14.6 Å². The smallest absolute Gasteiger partial charge is 0.341 e. The van der Waals surface area contributed by atoms with Gasteiger partial charge in [0, 0.05) is 0 Å². The lowest BCUT2D eigenvalue weighted by atomic mass is 9.96. The number of carbonyl (C=O) groups is 1. The molecular formula is C14H18O3. The lowest BCUT2D eigenvalue weighted by Gasteiger charge is -2.11. The highest BCUT2D eigenvalue weighted by molar-refractivity contribution is 5.92. The van der Waals surface area contributed by atoms with Crippen molar-refractivity contribution >= 4 is 5.97 Å². The molecule has 0 amide bonds. The molecular weight excluding hydrogens is 216 g/mol. The van der Waals surface area contributed by atoms with Gasteiger partial charge in [0.2, 0.25) is 0 Å². The van der Waals surface area contributed by atoms with Gasteiger partial charge in [-0.1, -0.05) is 18.9 Å². The van der Waals surface area contributed by atoms with E-state index in [4.69, 9.17) is 4.74 Å². The molecule has 3 nitrogen and oxygen atoms in total. The van der Waals surface area contributed by atoms with Gasteiger partial charge in [-0.3, -0.25) is 0 Å². The van der Waals surface area contributed by atoms with E-state index in [-0.39, 0.29) is 11.3 Å². The van der Waals surface area contributed by atoms with E-state index in [1.165, 1.54) is 25.7 Å². The Hall–Kier alpha value is -1.51. The normalized spacial score (nSPS) is 16.1. The second kappa shape index (κ2) is 5.21. The van der Waals surface area contributed by atoms with E-state index in [2.05, 4.69) is 0 Å². The SMILES string of the molecule is CCOC(=O)c1ccc(C2CCCC2)cc1O. The van der Waals surface area contributed by atoms with Gasteiger partial charge < -0.3 is 9.84 Å². The maximum Gasteiger partial charge on any atom is 0.341 e. The van der Waals surface area contributed by atoms with E-state index in [9.17, 15) is 9.90 Å². The zero-order valence-corrected chi connectivity index (χ0v) is 10.1. The van der Waals surface area contributed by atoms with Gasteiger partial charge in [-0.2, -0.15) is 0 Å². The Morgan fingerprint density at radius 1 is 1.41 bits per heavy atom. The predicted molar refractivity (Wildman–Crippen MR) is 65.3 cm³/mol. The number of rotatable bonds is 3. The van der Waals surface area contributed by atoms with Gasteiger partial charge in [0.05, 0.1) is 6.61 Å². The van der Waals surface area contributed by atoms with Gasteiger partial charge >= 0.3 is 5.97 Å². The maximum absolute atomic E-state index is 11.5. The number of phenols is 1. The van der Waals surface area contributed by atoms with Crippen molar-refractivity contribution in [3.63, 3.8) is 0 Å². The van der Waals surface area contributed by atoms with E-state index in [0.717, 1.165) is 5.56 Å². The number of carbonyl (C=O) groups excluding carboxylic acids is 1. The average molecular weight is 234 g/mol. The van der Waals surface area contributed by atoms with E-state index in [0.29, 0.717) is 12.5 Å². The first-order valence-corrected chi connectivity index (χ1v) is 6.22. The fourth-order valence-corrected chi connectivity index (χ4v) is 2.44. The number of phenolic OH excluding ortho intramolecular Hbond substituents is 1. The molecule has 0 bridgehead atoms. The standard InChI is InChI=1S/C14H18O3/c1-2-17-14(16)12-8-7-11(9-13(12)15)10-5-3-4-6-10/h7-10,15H,2-6H2,1H3. The van der Waals surface area contributed by atoms with Crippen LogP contribution in [-0.2, 0) is 4.74 Å². The van der Waals surface area contributed by atoms with Crippen LogP contribution in [0.2, 0.25) is 0 Å². The van der Waals surface area contributed by atoms with Crippen molar-refractivity contribution in [3.05, 3.63) is 29.3 Å². The van der Waals surface area contributed by atoms with Gasteiger partial charge in [0.15, 0.2) is 0 Å². The quantitative estimate of drug-likeness (QED) is 0.817. The molecule has 1 aliphatic carbocycles. The Bertz CT molecular complexity index is 406. The van der Waals surface area contributed by atoms with Crippen molar-refractivity contribution in [1.29, 1.82) is 0 Å². The summed E-state index contributed by atoms with van der Waals surface area (Å²) in [4.78, 5) is 11.5. The highest BCUT2D eigenvalue weighted by atomic mass is 16.5. The van der Waals surface area contributed by atoms with E-state index in [1.807, 2.05) is 6.07 Å². The summed E-state index contributed by atoms with van der Waals surface area (Å²) < 4.78 is 4.88. The fourth-order valence-electron chi connectivity index (χ4n) is 2.44. The van der Waals surface area contributed by atoms with Crippen LogP contribution >= 0.6 is 0 Å². The monoisotopic (exact) mass is 234 g/mol. The Morgan fingerprint density at radius 2 is 2.12 bits per heavy atom. The van der Waals surface area contributed by atoms with Crippen LogP contribution in [0.1, 0.15) is 54.4 Å². The topological polar surface area (TPSA) is 46.5 Å². The number of hydrogen-bond acceptors (Lipinski definition) is 3. The molecule has 92 valence electrons. The zero-order chi connectivity index (χ0) is 12.3. The maximum atomic E-state index is 11.5. The number of aromatic hydroxyl groups is 1. The molecule has 0 aliphatic heterocycles. The first kappa shape index (κ1) is 12.0. The highest BCUT2D eigenvalue weighted by Crippen LogP contribution is 2.36.